The summed E-state index contributed by atoms with van der Waals surface area (Å²) in [7, 11) is 0. The quantitative estimate of drug-likeness (QED) is 0.619. The highest BCUT2D eigenvalue weighted by Crippen LogP contribution is 2.23. The topological polar surface area (TPSA) is 12.4 Å². The first-order chi connectivity index (χ1) is 10.9. The van der Waals surface area contributed by atoms with E-state index in [1.807, 2.05) is 6.07 Å². The lowest BCUT2D eigenvalue weighted by Crippen LogP contribution is -1.99. The molecule has 3 aromatic rings. The Kier molecular flexibility index (Phi) is 3.32. The van der Waals surface area contributed by atoms with Gasteiger partial charge < -0.3 is 0 Å². The van der Waals surface area contributed by atoms with Gasteiger partial charge in [0.15, 0.2) is 0 Å². The SMILES string of the molecule is C(=C1/CCN=C1c1ccccc1)/c1ccc2ccccc2c1. The molecule has 106 valence electrons. The zero-order chi connectivity index (χ0) is 14.8. The van der Waals surface area contributed by atoms with E-state index in [-0.39, 0.29) is 0 Å². The highest BCUT2D eigenvalue weighted by Gasteiger charge is 2.14. The van der Waals surface area contributed by atoms with E-state index in [1.54, 1.807) is 0 Å². The fraction of sp³-hybridized carbons (Fsp3) is 0.0952. The van der Waals surface area contributed by atoms with Crippen molar-refractivity contribution in [2.75, 3.05) is 6.54 Å². The number of hydrogen-bond acceptors (Lipinski definition) is 1. The molecule has 1 aliphatic rings. The zero-order valence-electron chi connectivity index (χ0n) is 12.4. The standard InChI is InChI=1S/C21H17N/c1-2-7-18(8-3-1)21-20(12-13-22-21)15-16-10-11-17-6-4-5-9-19(17)14-16/h1-11,14-15H,12-13H2/b20-15+. The Morgan fingerprint density at radius 2 is 1.55 bits per heavy atom. The Morgan fingerprint density at radius 3 is 2.41 bits per heavy atom. The highest BCUT2D eigenvalue weighted by molar-refractivity contribution is 6.16. The minimum absolute atomic E-state index is 0.893. The van der Waals surface area contributed by atoms with Crippen molar-refractivity contribution in [1.29, 1.82) is 0 Å². The van der Waals surface area contributed by atoms with E-state index in [2.05, 4.69) is 72.8 Å². The Bertz CT molecular complexity index is 873. The Labute approximate surface area is 130 Å². The van der Waals surface area contributed by atoms with Crippen LogP contribution in [0.2, 0.25) is 0 Å². The van der Waals surface area contributed by atoms with Crippen LogP contribution in [0, 0.1) is 0 Å². The largest absolute Gasteiger partial charge is 0.284 e. The Morgan fingerprint density at radius 1 is 0.773 bits per heavy atom. The number of fused-ring (bicyclic) bond motifs is 1. The minimum Gasteiger partial charge on any atom is -0.284 e. The molecule has 0 amide bonds. The molecule has 1 aliphatic heterocycles. The molecule has 1 nitrogen and oxygen atoms in total. The van der Waals surface area contributed by atoms with Crippen LogP contribution in [0.15, 0.2) is 83.4 Å². The summed E-state index contributed by atoms with van der Waals surface area (Å²) in [6, 6.07) is 25.6. The van der Waals surface area contributed by atoms with Gasteiger partial charge in [0, 0.05) is 6.54 Å². The van der Waals surface area contributed by atoms with Crippen LogP contribution in [0.1, 0.15) is 17.5 Å². The van der Waals surface area contributed by atoms with Crippen LogP contribution in [0.4, 0.5) is 0 Å². The van der Waals surface area contributed by atoms with Crippen molar-refractivity contribution in [3.8, 4) is 0 Å². The first-order valence-electron chi connectivity index (χ1n) is 7.70. The van der Waals surface area contributed by atoms with Crippen molar-refractivity contribution in [3.05, 3.63) is 89.5 Å². The second-order valence-corrected chi connectivity index (χ2v) is 5.62. The molecule has 0 fully saturated rings. The van der Waals surface area contributed by atoms with Gasteiger partial charge in [-0.3, -0.25) is 4.99 Å². The van der Waals surface area contributed by atoms with E-state index in [4.69, 9.17) is 4.99 Å². The summed E-state index contributed by atoms with van der Waals surface area (Å²) >= 11 is 0. The molecule has 0 bridgehead atoms. The third-order valence-electron chi connectivity index (χ3n) is 4.12. The van der Waals surface area contributed by atoms with Gasteiger partial charge in [0.1, 0.15) is 0 Å². The average Bonchev–Trinajstić information content (AvgIpc) is 3.04. The van der Waals surface area contributed by atoms with Gasteiger partial charge in [0.2, 0.25) is 0 Å². The number of aliphatic imine (C=N–C) groups is 1. The molecular weight excluding hydrogens is 266 g/mol. The van der Waals surface area contributed by atoms with Crippen LogP contribution >= 0.6 is 0 Å². The number of rotatable bonds is 2. The van der Waals surface area contributed by atoms with Crippen molar-refractivity contribution in [2.24, 2.45) is 4.99 Å². The van der Waals surface area contributed by atoms with Gasteiger partial charge in [0.25, 0.3) is 0 Å². The second-order valence-electron chi connectivity index (χ2n) is 5.62. The first-order valence-corrected chi connectivity index (χ1v) is 7.70. The summed E-state index contributed by atoms with van der Waals surface area (Å²) < 4.78 is 0. The molecule has 1 heterocycles. The summed E-state index contributed by atoms with van der Waals surface area (Å²) in [6.07, 6.45) is 3.31. The fourth-order valence-corrected chi connectivity index (χ4v) is 3.02. The van der Waals surface area contributed by atoms with Crippen molar-refractivity contribution in [2.45, 2.75) is 6.42 Å². The maximum absolute atomic E-state index is 4.69. The van der Waals surface area contributed by atoms with Crippen LogP contribution in [-0.4, -0.2) is 12.3 Å². The van der Waals surface area contributed by atoms with Crippen molar-refractivity contribution < 1.29 is 0 Å². The maximum atomic E-state index is 4.69. The molecule has 0 saturated carbocycles. The van der Waals surface area contributed by atoms with Gasteiger partial charge in [0.05, 0.1) is 5.71 Å². The third kappa shape index (κ3) is 2.46. The lowest BCUT2D eigenvalue weighted by molar-refractivity contribution is 1.05. The molecule has 4 rings (SSSR count). The van der Waals surface area contributed by atoms with Crippen molar-refractivity contribution in [3.63, 3.8) is 0 Å². The number of hydrogen-bond donors (Lipinski definition) is 0. The number of nitrogens with zero attached hydrogens (tertiary/aromatic N) is 1. The molecule has 0 atom stereocenters. The maximum Gasteiger partial charge on any atom is 0.0679 e. The van der Waals surface area contributed by atoms with Crippen LogP contribution in [-0.2, 0) is 0 Å². The van der Waals surface area contributed by atoms with Gasteiger partial charge >= 0.3 is 0 Å². The summed E-state index contributed by atoms with van der Waals surface area (Å²) in [6.45, 7) is 0.893. The molecule has 0 saturated heterocycles. The second kappa shape index (κ2) is 5.61. The van der Waals surface area contributed by atoms with Gasteiger partial charge in [-0.05, 0) is 46.0 Å². The van der Waals surface area contributed by atoms with E-state index in [9.17, 15) is 0 Å². The minimum atomic E-state index is 0.893. The van der Waals surface area contributed by atoms with Crippen molar-refractivity contribution in [1.82, 2.24) is 0 Å². The normalized spacial score (nSPS) is 16.2. The molecule has 22 heavy (non-hydrogen) atoms. The van der Waals surface area contributed by atoms with Crippen LogP contribution in [0.25, 0.3) is 16.8 Å². The molecule has 3 aromatic carbocycles. The molecule has 0 spiro atoms. The molecule has 0 aliphatic carbocycles. The molecule has 1 heteroatoms. The molecule has 0 aromatic heterocycles. The van der Waals surface area contributed by atoms with Crippen LogP contribution in [0.3, 0.4) is 0 Å². The summed E-state index contributed by atoms with van der Waals surface area (Å²) in [5, 5.41) is 2.57. The molecule has 0 radical (unpaired) electrons. The first kappa shape index (κ1) is 13.0. The number of benzene rings is 3. The third-order valence-corrected chi connectivity index (χ3v) is 4.12. The van der Waals surface area contributed by atoms with E-state index >= 15 is 0 Å². The Hall–Kier alpha value is -2.67. The van der Waals surface area contributed by atoms with Crippen LogP contribution in [0.5, 0.6) is 0 Å². The summed E-state index contributed by atoms with van der Waals surface area (Å²) in [5.41, 5.74) is 4.95. The van der Waals surface area contributed by atoms with Gasteiger partial charge in [-0.2, -0.15) is 0 Å². The Balaban J connectivity index is 1.73. The molecule has 0 N–H and O–H groups in total. The van der Waals surface area contributed by atoms with Gasteiger partial charge in [-0.1, -0.05) is 66.7 Å². The zero-order valence-corrected chi connectivity index (χ0v) is 12.4. The predicted molar refractivity (Wildman–Crippen MR) is 94.4 cm³/mol. The lowest BCUT2D eigenvalue weighted by atomic mass is 9.99. The van der Waals surface area contributed by atoms with E-state index in [1.165, 1.54) is 27.5 Å². The monoisotopic (exact) mass is 283 g/mol. The fourth-order valence-electron chi connectivity index (χ4n) is 3.02. The smallest absolute Gasteiger partial charge is 0.0679 e. The summed E-state index contributed by atoms with van der Waals surface area (Å²) in [5.74, 6) is 0. The van der Waals surface area contributed by atoms with E-state index < -0.39 is 0 Å². The predicted octanol–water partition coefficient (Wildman–Crippen LogP) is 5.12. The van der Waals surface area contributed by atoms with E-state index in [0.29, 0.717) is 0 Å². The van der Waals surface area contributed by atoms with Gasteiger partial charge in [-0.25, -0.2) is 0 Å². The van der Waals surface area contributed by atoms with Crippen LogP contribution < -0.4 is 0 Å². The van der Waals surface area contributed by atoms with Gasteiger partial charge in [-0.15, -0.1) is 0 Å². The lowest BCUT2D eigenvalue weighted by Gasteiger charge is -2.05. The average molecular weight is 283 g/mol. The summed E-state index contributed by atoms with van der Waals surface area (Å²) in [4.78, 5) is 4.69. The molecule has 0 unspecified atom stereocenters. The highest BCUT2D eigenvalue weighted by atomic mass is 14.8. The molecular formula is C21H17N. The van der Waals surface area contributed by atoms with E-state index in [0.717, 1.165) is 18.7 Å². The van der Waals surface area contributed by atoms with Crippen molar-refractivity contribution >= 4 is 22.6 Å².